The number of barbiturate groups is 1. The number of carbonyl (C=O) groups excluding carboxylic acids is 3. The first-order chi connectivity index (χ1) is 17.6. The fourth-order valence-electron chi connectivity index (χ4n) is 4.15. The normalized spacial score (nSPS) is 14.7. The second-order valence-corrected chi connectivity index (χ2v) is 8.53. The van der Waals surface area contributed by atoms with Crippen molar-refractivity contribution in [1.29, 1.82) is 0 Å². The predicted octanol–water partition coefficient (Wildman–Crippen LogP) is 4.13. The Morgan fingerprint density at radius 1 is 1.03 bits per heavy atom. The minimum absolute atomic E-state index is 0.0593. The number of amides is 4. The fraction of sp³-hybridized carbons (Fsp3) is 0.154. The third-order valence-corrected chi connectivity index (χ3v) is 6.27. The molecule has 11 heteroatoms. The number of methoxy groups -OCH3 is 2. The third-order valence-electron chi connectivity index (χ3n) is 5.94. The van der Waals surface area contributed by atoms with E-state index >= 15 is 0 Å². The Labute approximate surface area is 216 Å². The Morgan fingerprint density at radius 3 is 2.41 bits per heavy atom. The van der Waals surface area contributed by atoms with Crippen molar-refractivity contribution in [2.45, 2.75) is 13.8 Å². The van der Waals surface area contributed by atoms with Gasteiger partial charge in [-0.25, -0.2) is 14.5 Å². The highest BCUT2D eigenvalue weighted by Gasteiger charge is 2.38. The molecule has 2 aromatic carbocycles. The van der Waals surface area contributed by atoms with E-state index in [1.165, 1.54) is 44.6 Å². The van der Waals surface area contributed by atoms with E-state index in [9.17, 15) is 24.3 Å². The second kappa shape index (κ2) is 9.82. The Balaban J connectivity index is 1.78. The molecule has 0 bridgehead atoms. The standard InChI is InChI=1S/C26H22ClN3O7/c1-13-9-15(14(2)29(13)16-5-7-20(27)18(11-16)25(33)34)10-19-23(31)28-26(35)30(24(19)32)21-8-6-17(36-3)12-22(21)37-4/h5-12H,1-4H3,(H,33,34)(H,28,31,35). The van der Waals surface area contributed by atoms with Crippen LogP contribution in [0.15, 0.2) is 48.0 Å². The van der Waals surface area contributed by atoms with Crippen LogP contribution in [0.3, 0.4) is 0 Å². The lowest BCUT2D eigenvalue weighted by molar-refractivity contribution is -0.122. The Morgan fingerprint density at radius 2 is 1.76 bits per heavy atom. The molecule has 0 radical (unpaired) electrons. The monoisotopic (exact) mass is 523 g/mol. The number of carboxylic acids is 1. The van der Waals surface area contributed by atoms with Gasteiger partial charge in [-0.15, -0.1) is 0 Å². The molecule has 37 heavy (non-hydrogen) atoms. The number of nitrogens with one attached hydrogen (secondary N) is 1. The summed E-state index contributed by atoms with van der Waals surface area (Å²) in [5.74, 6) is -2.19. The van der Waals surface area contributed by atoms with Crippen molar-refractivity contribution in [1.82, 2.24) is 9.88 Å². The third kappa shape index (κ3) is 4.54. The molecule has 4 rings (SSSR count). The number of halogens is 1. The molecule has 2 heterocycles. The first kappa shape index (κ1) is 25.5. The van der Waals surface area contributed by atoms with Gasteiger partial charge >= 0.3 is 12.0 Å². The first-order valence-corrected chi connectivity index (χ1v) is 11.3. The van der Waals surface area contributed by atoms with E-state index in [-0.39, 0.29) is 27.6 Å². The van der Waals surface area contributed by atoms with Crippen LogP contribution in [0.2, 0.25) is 5.02 Å². The van der Waals surface area contributed by atoms with Gasteiger partial charge in [0, 0.05) is 23.1 Å². The summed E-state index contributed by atoms with van der Waals surface area (Å²) in [6.07, 6.45) is 1.39. The molecule has 4 amide bonds. The Bertz CT molecular complexity index is 1510. The highest BCUT2D eigenvalue weighted by molar-refractivity contribution is 6.39. The molecule has 0 saturated carbocycles. The van der Waals surface area contributed by atoms with Crippen molar-refractivity contribution >= 4 is 47.2 Å². The Hall–Kier alpha value is -4.57. The molecule has 1 aromatic heterocycles. The summed E-state index contributed by atoms with van der Waals surface area (Å²) in [6, 6.07) is 9.98. The number of hydrogen-bond acceptors (Lipinski definition) is 6. The molecule has 1 aliphatic rings. The molecular formula is C26H22ClN3O7. The summed E-state index contributed by atoms with van der Waals surface area (Å²) >= 11 is 6.01. The van der Waals surface area contributed by atoms with Gasteiger partial charge in [-0.05, 0) is 61.9 Å². The van der Waals surface area contributed by atoms with Crippen LogP contribution in [-0.4, -0.2) is 47.7 Å². The number of urea groups is 1. The summed E-state index contributed by atoms with van der Waals surface area (Å²) in [5, 5.41) is 11.7. The Kier molecular flexibility index (Phi) is 6.78. The second-order valence-electron chi connectivity index (χ2n) is 8.13. The van der Waals surface area contributed by atoms with Crippen molar-refractivity contribution in [3.8, 4) is 17.2 Å². The molecule has 0 unspecified atom stereocenters. The van der Waals surface area contributed by atoms with Crippen LogP contribution in [0.25, 0.3) is 11.8 Å². The van der Waals surface area contributed by atoms with E-state index in [0.29, 0.717) is 22.7 Å². The van der Waals surface area contributed by atoms with E-state index in [1.54, 1.807) is 36.6 Å². The summed E-state index contributed by atoms with van der Waals surface area (Å²) in [5.41, 5.74) is 2.23. The van der Waals surface area contributed by atoms with Gasteiger partial charge in [-0.3, -0.25) is 14.9 Å². The fourth-order valence-corrected chi connectivity index (χ4v) is 4.35. The molecule has 2 N–H and O–H groups in total. The molecule has 10 nitrogen and oxygen atoms in total. The van der Waals surface area contributed by atoms with Gasteiger partial charge in [-0.2, -0.15) is 0 Å². The first-order valence-electron chi connectivity index (χ1n) is 10.9. The molecular weight excluding hydrogens is 502 g/mol. The highest BCUT2D eigenvalue weighted by Crippen LogP contribution is 2.35. The number of aryl methyl sites for hydroxylation is 1. The molecule has 1 aliphatic heterocycles. The summed E-state index contributed by atoms with van der Waals surface area (Å²) in [6.45, 7) is 3.56. The van der Waals surface area contributed by atoms with E-state index in [2.05, 4.69) is 5.32 Å². The molecule has 190 valence electrons. The average Bonchev–Trinajstić information content (AvgIpc) is 3.14. The minimum Gasteiger partial charge on any atom is -0.497 e. The largest absolute Gasteiger partial charge is 0.497 e. The van der Waals surface area contributed by atoms with Crippen molar-refractivity contribution in [2.75, 3.05) is 19.1 Å². The smallest absolute Gasteiger partial charge is 0.337 e. The maximum Gasteiger partial charge on any atom is 0.337 e. The molecule has 1 saturated heterocycles. The van der Waals surface area contributed by atoms with Crippen molar-refractivity contribution in [3.63, 3.8) is 0 Å². The van der Waals surface area contributed by atoms with E-state index in [4.69, 9.17) is 21.1 Å². The van der Waals surface area contributed by atoms with Gasteiger partial charge < -0.3 is 19.1 Å². The number of rotatable bonds is 6. The zero-order valence-corrected chi connectivity index (χ0v) is 21.0. The molecule has 0 spiro atoms. The van der Waals surface area contributed by atoms with Gasteiger partial charge in [-0.1, -0.05) is 11.6 Å². The topological polar surface area (TPSA) is 127 Å². The number of benzene rings is 2. The van der Waals surface area contributed by atoms with Gasteiger partial charge in [0.1, 0.15) is 17.1 Å². The maximum absolute atomic E-state index is 13.4. The van der Waals surface area contributed by atoms with Gasteiger partial charge in [0.2, 0.25) is 0 Å². The SMILES string of the molecule is COc1ccc(N2C(=O)NC(=O)C(=Cc3cc(C)n(-c4ccc(Cl)c(C(=O)O)c4)c3C)C2=O)c(OC)c1. The van der Waals surface area contributed by atoms with E-state index < -0.39 is 23.8 Å². The number of nitrogens with zero attached hydrogens (tertiary/aromatic N) is 2. The van der Waals surface area contributed by atoms with Crippen molar-refractivity contribution < 1.29 is 33.8 Å². The number of carboxylic acid groups (broad SMARTS) is 1. The number of aromatic carboxylic acids is 1. The van der Waals surface area contributed by atoms with Gasteiger partial charge in [0.25, 0.3) is 11.8 Å². The van der Waals surface area contributed by atoms with Crippen LogP contribution < -0.4 is 19.7 Å². The summed E-state index contributed by atoms with van der Waals surface area (Å²) in [7, 11) is 2.85. The zero-order chi connectivity index (χ0) is 27.0. The van der Waals surface area contributed by atoms with Crippen molar-refractivity contribution in [2.24, 2.45) is 0 Å². The number of ether oxygens (including phenoxy) is 2. The van der Waals surface area contributed by atoms with E-state index in [1.807, 2.05) is 0 Å². The zero-order valence-electron chi connectivity index (χ0n) is 20.3. The van der Waals surface area contributed by atoms with Crippen LogP contribution in [0.1, 0.15) is 27.3 Å². The summed E-state index contributed by atoms with van der Waals surface area (Å²) < 4.78 is 12.3. The molecule has 3 aromatic rings. The van der Waals surface area contributed by atoms with Crippen LogP contribution in [0.4, 0.5) is 10.5 Å². The minimum atomic E-state index is -1.17. The lowest BCUT2D eigenvalue weighted by Crippen LogP contribution is -2.54. The summed E-state index contributed by atoms with van der Waals surface area (Å²) in [4.78, 5) is 51.1. The number of carbonyl (C=O) groups is 4. The maximum atomic E-state index is 13.4. The number of hydrogen-bond donors (Lipinski definition) is 2. The highest BCUT2D eigenvalue weighted by atomic mass is 35.5. The van der Waals surface area contributed by atoms with E-state index in [0.717, 1.165) is 10.6 Å². The number of imide groups is 2. The molecule has 0 aliphatic carbocycles. The molecule has 1 fully saturated rings. The predicted molar refractivity (Wildman–Crippen MR) is 136 cm³/mol. The lowest BCUT2D eigenvalue weighted by atomic mass is 10.1. The van der Waals surface area contributed by atoms with Gasteiger partial charge in [0.05, 0.1) is 30.5 Å². The quantitative estimate of drug-likeness (QED) is 0.367. The van der Waals surface area contributed by atoms with Crippen LogP contribution in [-0.2, 0) is 9.59 Å². The van der Waals surface area contributed by atoms with Crippen LogP contribution in [0, 0.1) is 13.8 Å². The van der Waals surface area contributed by atoms with Gasteiger partial charge in [0.15, 0.2) is 0 Å². The number of anilines is 1. The number of aromatic nitrogens is 1. The van der Waals surface area contributed by atoms with Crippen LogP contribution in [0.5, 0.6) is 11.5 Å². The lowest BCUT2D eigenvalue weighted by Gasteiger charge is -2.27. The van der Waals surface area contributed by atoms with Crippen LogP contribution >= 0.6 is 11.6 Å². The van der Waals surface area contributed by atoms with Crippen molar-refractivity contribution in [3.05, 3.63) is 75.6 Å². The molecule has 0 atom stereocenters. The average molecular weight is 524 g/mol.